The Morgan fingerprint density at radius 1 is 1.07 bits per heavy atom. The molecular weight excluding hydrogens is 344 g/mol. The number of likely N-dealkylation sites (tertiary alicyclic amines) is 1. The molecular formula is C21H30N2O4. The van der Waals surface area contributed by atoms with Crippen molar-refractivity contribution in [1.82, 2.24) is 10.2 Å². The van der Waals surface area contributed by atoms with Crippen molar-refractivity contribution < 1.29 is 19.3 Å². The van der Waals surface area contributed by atoms with Crippen molar-refractivity contribution in [2.24, 2.45) is 17.8 Å². The first-order chi connectivity index (χ1) is 13.2. The van der Waals surface area contributed by atoms with Crippen LogP contribution >= 0.6 is 0 Å². The third-order valence-corrected chi connectivity index (χ3v) is 6.77. The van der Waals surface area contributed by atoms with Crippen molar-refractivity contribution in [2.75, 3.05) is 39.5 Å². The summed E-state index contributed by atoms with van der Waals surface area (Å²) >= 11 is 0. The van der Waals surface area contributed by atoms with Gasteiger partial charge in [0.25, 0.3) is 0 Å². The van der Waals surface area contributed by atoms with Gasteiger partial charge in [0.2, 0.25) is 6.79 Å². The Balaban J connectivity index is 1.19. The van der Waals surface area contributed by atoms with E-state index in [1.54, 1.807) is 0 Å². The summed E-state index contributed by atoms with van der Waals surface area (Å²) in [6.45, 7) is 6.11. The van der Waals surface area contributed by atoms with Gasteiger partial charge < -0.3 is 29.5 Å². The largest absolute Gasteiger partial charge is 0.488 e. The van der Waals surface area contributed by atoms with Crippen molar-refractivity contribution in [2.45, 2.75) is 37.9 Å². The predicted octanol–water partition coefficient (Wildman–Crippen LogP) is 1.86. The zero-order chi connectivity index (χ0) is 18.2. The van der Waals surface area contributed by atoms with Crippen LogP contribution in [0.2, 0.25) is 0 Å². The van der Waals surface area contributed by atoms with E-state index < -0.39 is 6.10 Å². The number of benzene rings is 1. The van der Waals surface area contributed by atoms with Gasteiger partial charge in [-0.15, -0.1) is 0 Å². The second kappa shape index (κ2) is 7.49. The van der Waals surface area contributed by atoms with E-state index in [-0.39, 0.29) is 12.9 Å². The number of nitrogens with one attached hydrogen (secondary N) is 1. The highest BCUT2D eigenvalue weighted by Crippen LogP contribution is 2.40. The molecule has 27 heavy (non-hydrogen) atoms. The third-order valence-electron chi connectivity index (χ3n) is 6.77. The van der Waals surface area contributed by atoms with E-state index >= 15 is 0 Å². The van der Waals surface area contributed by atoms with Crippen LogP contribution in [0, 0.1) is 17.8 Å². The molecule has 0 amide bonds. The van der Waals surface area contributed by atoms with Gasteiger partial charge in [0.15, 0.2) is 11.5 Å². The maximum absolute atomic E-state index is 10.7. The first kappa shape index (κ1) is 17.6. The van der Waals surface area contributed by atoms with Crippen molar-refractivity contribution in [3.05, 3.63) is 18.2 Å². The second-order valence-corrected chi connectivity index (χ2v) is 8.64. The molecule has 5 rings (SSSR count). The van der Waals surface area contributed by atoms with E-state index in [0.29, 0.717) is 11.8 Å². The predicted molar refractivity (Wildman–Crippen MR) is 101 cm³/mol. The fourth-order valence-electron chi connectivity index (χ4n) is 5.32. The van der Waals surface area contributed by atoms with Crippen molar-refractivity contribution in [3.63, 3.8) is 0 Å². The molecule has 1 saturated carbocycles. The van der Waals surface area contributed by atoms with Gasteiger partial charge in [-0.05, 0) is 68.7 Å². The highest BCUT2D eigenvalue weighted by atomic mass is 16.7. The van der Waals surface area contributed by atoms with Crippen LogP contribution in [-0.4, -0.2) is 61.7 Å². The molecule has 1 aliphatic carbocycles. The number of aliphatic hydroxyl groups is 1. The van der Waals surface area contributed by atoms with Crippen LogP contribution in [0.25, 0.3) is 0 Å². The van der Waals surface area contributed by atoms with Crippen LogP contribution in [0.1, 0.15) is 25.7 Å². The summed E-state index contributed by atoms with van der Waals surface area (Å²) in [6.07, 6.45) is 3.85. The van der Waals surface area contributed by atoms with Crippen molar-refractivity contribution in [3.8, 4) is 17.2 Å². The highest BCUT2D eigenvalue weighted by molar-refractivity contribution is 5.46. The summed E-state index contributed by atoms with van der Waals surface area (Å²) in [5.74, 6) is 4.32. The summed E-state index contributed by atoms with van der Waals surface area (Å²) in [7, 11) is 0. The smallest absolute Gasteiger partial charge is 0.231 e. The van der Waals surface area contributed by atoms with E-state index in [9.17, 15) is 5.11 Å². The number of hydrogen-bond acceptors (Lipinski definition) is 6. The van der Waals surface area contributed by atoms with Crippen LogP contribution in [0.15, 0.2) is 18.2 Å². The maximum atomic E-state index is 10.7. The summed E-state index contributed by atoms with van der Waals surface area (Å²) in [4.78, 5) is 2.64. The molecule has 1 aromatic carbocycles. The van der Waals surface area contributed by atoms with Crippen molar-refractivity contribution >= 4 is 0 Å². The Labute approximate surface area is 160 Å². The van der Waals surface area contributed by atoms with Gasteiger partial charge in [0.1, 0.15) is 11.9 Å². The van der Waals surface area contributed by atoms with E-state index in [4.69, 9.17) is 14.2 Å². The van der Waals surface area contributed by atoms with Crippen LogP contribution in [-0.2, 0) is 0 Å². The molecule has 3 fully saturated rings. The summed E-state index contributed by atoms with van der Waals surface area (Å²) < 4.78 is 17.0. The minimum Gasteiger partial charge on any atom is -0.488 e. The molecule has 2 N–H and O–H groups in total. The number of aliphatic hydroxyl groups excluding tert-OH is 1. The fraction of sp³-hybridized carbons (Fsp3) is 0.714. The Hall–Kier alpha value is -1.50. The monoisotopic (exact) mass is 374 g/mol. The van der Waals surface area contributed by atoms with Gasteiger partial charge >= 0.3 is 0 Å². The minimum atomic E-state index is -0.393. The van der Waals surface area contributed by atoms with Crippen LogP contribution in [0.5, 0.6) is 17.2 Å². The third kappa shape index (κ3) is 3.75. The van der Waals surface area contributed by atoms with Gasteiger partial charge in [0, 0.05) is 25.7 Å². The molecule has 6 heteroatoms. The summed E-state index contributed by atoms with van der Waals surface area (Å²) in [5.41, 5.74) is 0. The van der Waals surface area contributed by atoms with Crippen molar-refractivity contribution in [1.29, 1.82) is 0 Å². The Bertz CT molecular complexity index is 664. The van der Waals surface area contributed by atoms with Gasteiger partial charge in [0.05, 0.1) is 6.10 Å². The number of piperidine rings is 1. The molecule has 6 nitrogen and oxygen atoms in total. The van der Waals surface area contributed by atoms with Crippen LogP contribution in [0.3, 0.4) is 0 Å². The lowest BCUT2D eigenvalue weighted by Gasteiger charge is -2.35. The van der Waals surface area contributed by atoms with E-state index in [1.165, 1.54) is 19.4 Å². The molecule has 4 atom stereocenters. The van der Waals surface area contributed by atoms with Gasteiger partial charge in [-0.3, -0.25) is 0 Å². The number of fused-ring (bicyclic) bond motifs is 2. The molecule has 0 radical (unpaired) electrons. The first-order valence-electron chi connectivity index (χ1n) is 10.4. The normalized spacial score (nSPS) is 33.8. The summed E-state index contributed by atoms with van der Waals surface area (Å²) in [5, 5.41) is 14.1. The molecule has 0 unspecified atom stereocenters. The molecule has 3 heterocycles. The molecule has 0 spiro atoms. The molecule has 1 aromatic rings. The SMILES string of the molecule is O[C@@H]1C[C@H]2CN(CC3CCNCC3)C[C@H]2C[C@H]1Oc1ccc2c(c1)OCO2. The standard InChI is InChI=1S/C21H30N2O4/c24-18-7-15-11-23(10-14-3-5-22-6-4-14)12-16(15)8-20(18)27-17-1-2-19-21(9-17)26-13-25-19/h1-2,9,14-16,18,20,22,24H,3-8,10-13H2/t15-,16+,18+,20+/m0/s1. The van der Waals surface area contributed by atoms with E-state index in [0.717, 1.165) is 62.2 Å². The molecule has 2 saturated heterocycles. The Morgan fingerprint density at radius 3 is 2.70 bits per heavy atom. The quantitative estimate of drug-likeness (QED) is 0.839. The minimum absolute atomic E-state index is 0.134. The Morgan fingerprint density at radius 2 is 1.85 bits per heavy atom. The van der Waals surface area contributed by atoms with Gasteiger partial charge in [-0.25, -0.2) is 0 Å². The molecule has 4 aliphatic rings. The number of hydrogen-bond donors (Lipinski definition) is 2. The van der Waals surface area contributed by atoms with Gasteiger partial charge in [-0.2, -0.15) is 0 Å². The average molecular weight is 374 g/mol. The van der Waals surface area contributed by atoms with E-state index in [2.05, 4.69) is 10.2 Å². The molecule has 3 aliphatic heterocycles. The summed E-state index contributed by atoms with van der Waals surface area (Å²) in [6, 6.07) is 5.66. The zero-order valence-corrected chi connectivity index (χ0v) is 15.8. The molecule has 148 valence electrons. The first-order valence-corrected chi connectivity index (χ1v) is 10.4. The lowest BCUT2D eigenvalue weighted by atomic mass is 9.78. The lowest BCUT2D eigenvalue weighted by molar-refractivity contribution is -0.0232. The maximum Gasteiger partial charge on any atom is 0.231 e. The Kier molecular flexibility index (Phi) is 4.88. The van der Waals surface area contributed by atoms with Crippen LogP contribution in [0.4, 0.5) is 0 Å². The topological polar surface area (TPSA) is 63.2 Å². The number of nitrogens with zero attached hydrogens (tertiary/aromatic N) is 1. The average Bonchev–Trinajstić information content (AvgIpc) is 3.28. The number of ether oxygens (including phenoxy) is 3. The lowest BCUT2D eigenvalue weighted by Crippen LogP contribution is -2.42. The second-order valence-electron chi connectivity index (χ2n) is 8.64. The highest BCUT2D eigenvalue weighted by Gasteiger charge is 2.43. The molecule has 0 bridgehead atoms. The van der Waals surface area contributed by atoms with Gasteiger partial charge in [-0.1, -0.05) is 0 Å². The number of rotatable bonds is 4. The fourth-order valence-corrected chi connectivity index (χ4v) is 5.32. The molecule has 0 aromatic heterocycles. The van der Waals surface area contributed by atoms with E-state index in [1.807, 2.05) is 18.2 Å². The van der Waals surface area contributed by atoms with Crippen LogP contribution < -0.4 is 19.5 Å². The zero-order valence-electron chi connectivity index (χ0n) is 15.8.